The van der Waals surface area contributed by atoms with E-state index in [2.05, 4.69) is 10.3 Å². The summed E-state index contributed by atoms with van der Waals surface area (Å²) in [7, 11) is 1.91. The van der Waals surface area contributed by atoms with Gasteiger partial charge in [0.05, 0.1) is 6.42 Å². The molecule has 2 amide bonds. The highest BCUT2D eigenvalue weighted by atomic mass is 16.4. The highest BCUT2D eigenvalue weighted by molar-refractivity contribution is 5.76. The number of imidazole rings is 1. The van der Waals surface area contributed by atoms with E-state index in [1.54, 1.807) is 11.1 Å². The number of hydrogen-bond acceptors (Lipinski definition) is 3. The smallest absolute Gasteiger partial charge is 0.317 e. The van der Waals surface area contributed by atoms with Gasteiger partial charge in [-0.25, -0.2) is 9.78 Å². The Bertz CT molecular complexity index is 482. The van der Waals surface area contributed by atoms with Crippen LogP contribution in [-0.4, -0.2) is 50.7 Å². The van der Waals surface area contributed by atoms with Crippen LogP contribution in [0.25, 0.3) is 0 Å². The molecule has 2 N–H and O–H groups in total. The summed E-state index contributed by atoms with van der Waals surface area (Å²) < 4.78 is 1.91. The molecule has 2 rings (SSSR count). The van der Waals surface area contributed by atoms with Gasteiger partial charge in [-0.05, 0) is 12.8 Å². The standard InChI is InChI=1S/C13H20N4O3/c1-16-9-7-14-11(16)4-6-15-13(20)17(10-2-3-10)8-5-12(18)19/h7,9-10H,2-6,8H2,1H3,(H,15,20)(H,18,19). The topological polar surface area (TPSA) is 87.5 Å². The van der Waals surface area contributed by atoms with Crippen LogP contribution in [0.2, 0.25) is 0 Å². The SMILES string of the molecule is Cn1ccnc1CCNC(=O)N(CCC(=O)O)C1CC1. The van der Waals surface area contributed by atoms with Crippen LogP contribution < -0.4 is 5.32 Å². The molecule has 1 aromatic rings. The van der Waals surface area contributed by atoms with Crippen LogP contribution in [0, 0.1) is 0 Å². The van der Waals surface area contributed by atoms with E-state index in [4.69, 9.17) is 5.11 Å². The molecule has 7 heteroatoms. The van der Waals surface area contributed by atoms with Gasteiger partial charge in [0.15, 0.2) is 0 Å². The molecule has 1 aliphatic carbocycles. The van der Waals surface area contributed by atoms with Gasteiger partial charge in [-0.3, -0.25) is 4.79 Å². The number of nitrogens with zero attached hydrogens (tertiary/aromatic N) is 3. The van der Waals surface area contributed by atoms with Gasteiger partial charge in [0.2, 0.25) is 0 Å². The Hall–Kier alpha value is -2.05. The van der Waals surface area contributed by atoms with E-state index in [-0.39, 0.29) is 25.0 Å². The van der Waals surface area contributed by atoms with Crippen molar-refractivity contribution in [2.75, 3.05) is 13.1 Å². The van der Waals surface area contributed by atoms with Crippen LogP contribution in [0.5, 0.6) is 0 Å². The molecule has 0 radical (unpaired) electrons. The molecular formula is C13H20N4O3. The van der Waals surface area contributed by atoms with Gasteiger partial charge in [-0.2, -0.15) is 0 Å². The third-order valence-electron chi connectivity index (χ3n) is 3.36. The molecule has 1 heterocycles. The number of hydrogen-bond donors (Lipinski definition) is 2. The van der Waals surface area contributed by atoms with Crippen molar-refractivity contribution in [3.05, 3.63) is 18.2 Å². The van der Waals surface area contributed by atoms with Crippen molar-refractivity contribution < 1.29 is 14.7 Å². The summed E-state index contributed by atoms with van der Waals surface area (Å²) in [5, 5.41) is 11.5. The molecule has 20 heavy (non-hydrogen) atoms. The minimum absolute atomic E-state index is 0.0106. The van der Waals surface area contributed by atoms with E-state index in [0.29, 0.717) is 13.0 Å². The van der Waals surface area contributed by atoms with Crippen molar-refractivity contribution in [3.8, 4) is 0 Å². The summed E-state index contributed by atoms with van der Waals surface area (Å²) in [6.45, 7) is 0.772. The second-order valence-electron chi connectivity index (χ2n) is 5.00. The van der Waals surface area contributed by atoms with E-state index in [1.165, 1.54) is 0 Å². The minimum atomic E-state index is -0.878. The fourth-order valence-corrected chi connectivity index (χ4v) is 2.07. The molecule has 1 saturated carbocycles. The number of amides is 2. The number of rotatable bonds is 7. The molecule has 0 aliphatic heterocycles. The van der Waals surface area contributed by atoms with E-state index >= 15 is 0 Å². The maximum absolute atomic E-state index is 12.0. The highest BCUT2D eigenvalue weighted by Crippen LogP contribution is 2.26. The van der Waals surface area contributed by atoms with Crippen LogP contribution in [0.15, 0.2) is 12.4 Å². The molecule has 1 fully saturated rings. The van der Waals surface area contributed by atoms with Gasteiger partial charge in [-0.1, -0.05) is 0 Å². The second-order valence-corrected chi connectivity index (χ2v) is 5.00. The Labute approximate surface area is 117 Å². The zero-order valence-corrected chi connectivity index (χ0v) is 11.6. The summed E-state index contributed by atoms with van der Waals surface area (Å²) in [4.78, 5) is 28.5. The summed E-state index contributed by atoms with van der Waals surface area (Å²) in [5.74, 6) is 0.0327. The molecule has 0 spiro atoms. The Morgan fingerprint density at radius 3 is 2.85 bits per heavy atom. The maximum Gasteiger partial charge on any atom is 0.317 e. The van der Waals surface area contributed by atoms with Crippen molar-refractivity contribution in [1.29, 1.82) is 0 Å². The fraction of sp³-hybridized carbons (Fsp3) is 0.615. The molecular weight excluding hydrogens is 260 g/mol. The number of carbonyl (C=O) groups is 2. The van der Waals surface area contributed by atoms with Gasteiger partial charge in [-0.15, -0.1) is 0 Å². The first-order chi connectivity index (χ1) is 9.58. The molecule has 7 nitrogen and oxygen atoms in total. The lowest BCUT2D eigenvalue weighted by Crippen LogP contribution is -2.43. The van der Waals surface area contributed by atoms with E-state index < -0.39 is 5.97 Å². The molecule has 0 saturated heterocycles. The van der Waals surface area contributed by atoms with E-state index in [9.17, 15) is 9.59 Å². The zero-order valence-electron chi connectivity index (χ0n) is 11.6. The average Bonchev–Trinajstić information content (AvgIpc) is 3.14. The quantitative estimate of drug-likeness (QED) is 0.766. The normalized spacial score (nSPS) is 14.1. The van der Waals surface area contributed by atoms with Crippen LogP contribution in [0.1, 0.15) is 25.1 Å². The van der Waals surface area contributed by atoms with Gasteiger partial charge >= 0.3 is 12.0 Å². The van der Waals surface area contributed by atoms with Crippen molar-refractivity contribution in [1.82, 2.24) is 19.8 Å². The monoisotopic (exact) mass is 280 g/mol. The zero-order chi connectivity index (χ0) is 14.5. The Morgan fingerprint density at radius 2 is 2.30 bits per heavy atom. The number of nitrogens with one attached hydrogen (secondary N) is 1. The number of urea groups is 1. The van der Waals surface area contributed by atoms with Crippen molar-refractivity contribution in [2.24, 2.45) is 7.05 Å². The third-order valence-corrected chi connectivity index (χ3v) is 3.36. The number of aryl methyl sites for hydroxylation is 1. The van der Waals surface area contributed by atoms with Gasteiger partial charge < -0.3 is 19.9 Å². The third kappa shape index (κ3) is 3.97. The van der Waals surface area contributed by atoms with Gasteiger partial charge in [0.1, 0.15) is 5.82 Å². The van der Waals surface area contributed by atoms with Crippen molar-refractivity contribution in [3.63, 3.8) is 0 Å². The first-order valence-electron chi connectivity index (χ1n) is 6.80. The minimum Gasteiger partial charge on any atom is -0.481 e. The Balaban J connectivity index is 1.76. The Morgan fingerprint density at radius 1 is 1.55 bits per heavy atom. The van der Waals surface area contributed by atoms with Crippen LogP contribution in [0.3, 0.4) is 0 Å². The van der Waals surface area contributed by atoms with Gasteiger partial charge in [0, 0.05) is 45.0 Å². The number of aliphatic carboxylic acids is 1. The summed E-state index contributed by atoms with van der Waals surface area (Å²) in [6, 6.07) is 0.0328. The number of carbonyl (C=O) groups excluding carboxylic acids is 1. The van der Waals surface area contributed by atoms with Crippen molar-refractivity contribution in [2.45, 2.75) is 31.7 Å². The number of aromatic nitrogens is 2. The lowest BCUT2D eigenvalue weighted by molar-refractivity contribution is -0.137. The van der Waals surface area contributed by atoms with E-state index in [1.807, 2.05) is 17.8 Å². The number of carboxylic acids is 1. The van der Waals surface area contributed by atoms with Crippen LogP contribution in [0.4, 0.5) is 4.79 Å². The molecule has 0 unspecified atom stereocenters. The number of carboxylic acid groups (broad SMARTS) is 1. The fourth-order valence-electron chi connectivity index (χ4n) is 2.07. The van der Waals surface area contributed by atoms with Crippen molar-refractivity contribution >= 4 is 12.0 Å². The summed E-state index contributed by atoms with van der Waals surface area (Å²) in [6.07, 6.45) is 6.16. The molecule has 1 aliphatic rings. The highest BCUT2D eigenvalue weighted by Gasteiger charge is 2.32. The Kier molecular flexibility index (Phi) is 4.60. The molecule has 0 atom stereocenters. The molecule has 0 bridgehead atoms. The first-order valence-corrected chi connectivity index (χ1v) is 6.80. The predicted molar refractivity (Wildman–Crippen MR) is 72.3 cm³/mol. The molecule has 110 valence electrons. The lowest BCUT2D eigenvalue weighted by atomic mass is 10.3. The predicted octanol–water partition coefficient (Wildman–Crippen LogP) is 0.611. The molecule has 1 aromatic heterocycles. The van der Waals surface area contributed by atoms with Gasteiger partial charge in [0.25, 0.3) is 0 Å². The summed E-state index contributed by atoms with van der Waals surface area (Å²) >= 11 is 0. The van der Waals surface area contributed by atoms with Crippen LogP contribution in [-0.2, 0) is 18.3 Å². The lowest BCUT2D eigenvalue weighted by Gasteiger charge is -2.22. The largest absolute Gasteiger partial charge is 0.481 e. The average molecular weight is 280 g/mol. The summed E-state index contributed by atoms with van der Waals surface area (Å²) in [5.41, 5.74) is 0. The second kappa shape index (κ2) is 6.40. The van der Waals surface area contributed by atoms with E-state index in [0.717, 1.165) is 18.7 Å². The first kappa shape index (κ1) is 14.4. The molecule has 0 aromatic carbocycles. The van der Waals surface area contributed by atoms with Crippen LogP contribution >= 0.6 is 0 Å². The maximum atomic E-state index is 12.0.